The molecule has 648 valence electrons. The van der Waals surface area contributed by atoms with Crippen LogP contribution in [0.1, 0.15) is 287 Å². The number of unbranched alkanes of at least 4 members (excludes halogenated alkanes) is 8. The normalized spacial score (nSPS) is 14.7. The minimum absolute atomic E-state index is 0.228. The van der Waals surface area contributed by atoms with Crippen molar-refractivity contribution in [2.24, 2.45) is 23.7 Å². The van der Waals surface area contributed by atoms with Gasteiger partial charge in [-0.05, 0) is 227 Å². The average Bonchev–Trinajstić information content (AvgIpc) is 0.870. The third-order valence-corrected chi connectivity index (χ3v) is 19.4. The maximum absolute atomic E-state index is 10.4. The van der Waals surface area contributed by atoms with Crippen LogP contribution in [-0.2, 0) is 0 Å². The zero-order valence-corrected chi connectivity index (χ0v) is 73.5. The van der Waals surface area contributed by atoms with Crippen molar-refractivity contribution in [3.63, 3.8) is 0 Å². The molecule has 12 unspecified atom stereocenters. The summed E-state index contributed by atoms with van der Waals surface area (Å²) in [7, 11) is 0. The highest BCUT2D eigenvalue weighted by molar-refractivity contribution is 5.67. The molecule has 4 aromatic rings. The Hall–Kier alpha value is -5.36. The zero-order chi connectivity index (χ0) is 83.8. The fourth-order valence-corrected chi connectivity index (χ4v) is 12.4. The molecular formula is C88H168N16O8. The maximum Gasteiger partial charge on any atom is 0.181 e. The van der Waals surface area contributed by atoms with Crippen LogP contribution in [0.3, 0.4) is 0 Å². The standard InChI is InChI=1S/2C25H48N4O2.2C19H36N4O2/c1-17(2)11-8-13-19(5)26-24(30)28-22-15-10-16-23(21(22)7)29-25(31)27-20(6)14-9-12-18(3)4;1-17(2)10-8-12-20(6)26-24(30)28-22-15-14-19(5)23(16-22)29-25(31)27-21(7)13-9-11-18(3)4;1-4-6-8-13-20-18(24)22-16-11-10-12-17(15(16)3)23-19(25)21-14-9-7-5-2;1-4-6-8-12-20-18(24)22-16-11-10-15(3)17(14-16)23-19(25)21-13-9-7-5-2/h10,15-20,24-31H,8-9,11-14H2,1-7H3;14-18,20-21,24-31H,8-13H2,1-7H3;10-12,18-25H,4-9,13-14H2,1-3H3;10-11,14,18-25H,4-9,12-13H2,1-3H3. The molecule has 24 N–H and O–H groups in total. The van der Waals surface area contributed by atoms with Crippen molar-refractivity contribution in [2.45, 2.75) is 368 Å². The summed E-state index contributed by atoms with van der Waals surface area (Å²) in [6.07, 6.45) is 20.5. The minimum Gasteiger partial charge on any atom is -0.361 e. The van der Waals surface area contributed by atoms with Crippen LogP contribution in [-0.4, -0.2) is 142 Å². The van der Waals surface area contributed by atoms with Gasteiger partial charge in [0.1, 0.15) is 0 Å². The van der Waals surface area contributed by atoms with Gasteiger partial charge in [0.05, 0.1) is 0 Å². The predicted octanol–water partition coefficient (Wildman–Crippen LogP) is 15.8. The van der Waals surface area contributed by atoms with Crippen molar-refractivity contribution in [2.75, 3.05) is 68.7 Å². The van der Waals surface area contributed by atoms with Crippen molar-refractivity contribution in [1.29, 1.82) is 0 Å². The van der Waals surface area contributed by atoms with Crippen LogP contribution in [0.2, 0.25) is 0 Å². The van der Waals surface area contributed by atoms with Crippen LogP contribution in [0.15, 0.2) is 72.8 Å². The number of anilines is 8. The molecule has 0 bridgehead atoms. The monoisotopic (exact) mass is 1580 g/mol. The first-order valence-electron chi connectivity index (χ1n) is 43.2. The average molecular weight is 1580 g/mol. The molecule has 0 saturated heterocycles. The molecule has 112 heavy (non-hydrogen) atoms. The second-order valence-corrected chi connectivity index (χ2v) is 32.6. The number of hydrogen-bond donors (Lipinski definition) is 24. The Balaban J connectivity index is 0.000000750. The van der Waals surface area contributed by atoms with E-state index in [0.717, 1.165) is 222 Å². The molecule has 0 amide bonds. The highest BCUT2D eigenvalue weighted by atomic mass is 16.3. The summed E-state index contributed by atoms with van der Waals surface area (Å²) in [6, 6.07) is 24.0. The summed E-state index contributed by atoms with van der Waals surface area (Å²) >= 11 is 0. The van der Waals surface area contributed by atoms with E-state index in [1.165, 1.54) is 25.7 Å². The molecule has 24 heteroatoms. The summed E-state index contributed by atoms with van der Waals surface area (Å²) < 4.78 is 0. The molecule has 0 aliphatic heterocycles. The number of nitrogens with one attached hydrogen (secondary N) is 16. The number of benzene rings is 4. The topological polar surface area (TPSA) is 354 Å². The van der Waals surface area contributed by atoms with Gasteiger partial charge in [-0.2, -0.15) is 0 Å². The van der Waals surface area contributed by atoms with Gasteiger partial charge >= 0.3 is 0 Å². The lowest BCUT2D eigenvalue weighted by atomic mass is 10.0. The van der Waals surface area contributed by atoms with Crippen LogP contribution < -0.4 is 85.1 Å². The molecule has 0 aromatic heterocycles. The summed E-state index contributed by atoms with van der Waals surface area (Å²) in [4.78, 5) is 0. The number of hydrogen-bond acceptors (Lipinski definition) is 24. The molecule has 4 rings (SSSR count). The summed E-state index contributed by atoms with van der Waals surface area (Å²) in [5.41, 5.74) is 10.5. The van der Waals surface area contributed by atoms with Gasteiger partial charge in [-0.15, -0.1) is 0 Å². The summed E-state index contributed by atoms with van der Waals surface area (Å²) in [5, 5.41) is 132. The number of aliphatic hydroxyl groups excluding tert-OH is 8. The molecule has 0 spiro atoms. The lowest BCUT2D eigenvalue weighted by molar-refractivity contribution is 0.147. The smallest absolute Gasteiger partial charge is 0.181 e. The van der Waals surface area contributed by atoms with E-state index in [4.69, 9.17) is 0 Å². The second kappa shape index (κ2) is 63.8. The SMILES string of the molecule is CCCCCNC(O)Nc1ccc(C)c(NC(O)NCCCCC)c1.CCCCCNC(O)Nc1cccc(NC(O)NCCCCC)c1C.Cc1c(NC(O)NC(C)CCCC(C)C)cccc1NC(O)NC(C)CCCC(C)C.Cc1ccc(NC(O)NC(C)CCCC(C)C)cc1NC(O)NC(C)CCCC(C)C. The Morgan fingerprint density at radius 3 is 0.732 bits per heavy atom. The highest BCUT2D eigenvalue weighted by Crippen LogP contribution is 2.27. The Morgan fingerprint density at radius 2 is 0.473 bits per heavy atom. The van der Waals surface area contributed by atoms with Gasteiger partial charge in [0, 0.05) is 69.7 Å². The molecular weight excluding hydrogens is 1410 g/mol. The zero-order valence-electron chi connectivity index (χ0n) is 73.5. The largest absolute Gasteiger partial charge is 0.361 e. The molecule has 0 fully saturated rings. The van der Waals surface area contributed by atoms with Crippen LogP contribution >= 0.6 is 0 Å². The highest BCUT2D eigenvalue weighted by Gasteiger charge is 2.18. The van der Waals surface area contributed by atoms with Crippen LogP contribution in [0.25, 0.3) is 0 Å². The summed E-state index contributed by atoms with van der Waals surface area (Å²) in [5.74, 6) is 2.84. The maximum atomic E-state index is 10.4. The van der Waals surface area contributed by atoms with Crippen molar-refractivity contribution in [1.82, 2.24) is 42.5 Å². The van der Waals surface area contributed by atoms with E-state index in [1.54, 1.807) is 0 Å². The number of aryl methyl sites for hydroxylation is 2. The fourth-order valence-electron chi connectivity index (χ4n) is 12.4. The lowest BCUT2D eigenvalue weighted by Gasteiger charge is -2.24. The van der Waals surface area contributed by atoms with Gasteiger partial charge in [0.25, 0.3) is 0 Å². The Morgan fingerprint density at radius 1 is 0.250 bits per heavy atom. The van der Waals surface area contributed by atoms with Gasteiger partial charge in [0.15, 0.2) is 50.8 Å². The number of aliphatic hydroxyl groups is 8. The van der Waals surface area contributed by atoms with Crippen LogP contribution in [0, 0.1) is 51.4 Å². The molecule has 0 saturated carbocycles. The molecule has 0 heterocycles. The molecule has 4 aromatic carbocycles. The van der Waals surface area contributed by atoms with Gasteiger partial charge in [-0.25, -0.2) is 0 Å². The van der Waals surface area contributed by atoms with Gasteiger partial charge < -0.3 is 83.4 Å². The third-order valence-electron chi connectivity index (χ3n) is 19.4. The van der Waals surface area contributed by atoms with Crippen molar-refractivity contribution < 1.29 is 40.9 Å². The van der Waals surface area contributed by atoms with E-state index in [1.807, 2.05) is 100 Å². The van der Waals surface area contributed by atoms with Gasteiger partial charge in [0.2, 0.25) is 0 Å². The van der Waals surface area contributed by atoms with E-state index in [2.05, 4.69) is 196 Å². The Labute approximate surface area is 680 Å². The van der Waals surface area contributed by atoms with E-state index in [0.29, 0.717) is 23.7 Å². The summed E-state index contributed by atoms with van der Waals surface area (Å²) in [6.45, 7) is 45.9. The molecule has 0 aliphatic carbocycles. The Bertz CT molecular complexity index is 2770. The second-order valence-electron chi connectivity index (χ2n) is 32.6. The first-order valence-corrected chi connectivity index (χ1v) is 43.2. The van der Waals surface area contributed by atoms with E-state index < -0.39 is 50.8 Å². The lowest BCUT2D eigenvalue weighted by Crippen LogP contribution is -2.42. The van der Waals surface area contributed by atoms with E-state index in [-0.39, 0.29) is 24.2 Å². The molecule has 0 radical (unpaired) electrons. The van der Waals surface area contributed by atoms with Crippen LogP contribution in [0.5, 0.6) is 0 Å². The van der Waals surface area contributed by atoms with Crippen molar-refractivity contribution in [3.8, 4) is 0 Å². The molecule has 12 atom stereocenters. The predicted molar refractivity (Wildman–Crippen MR) is 477 cm³/mol. The fraction of sp³-hybridized carbons (Fsp3) is 0.727. The first-order chi connectivity index (χ1) is 53.3. The minimum atomic E-state index is -0.827. The van der Waals surface area contributed by atoms with Crippen LogP contribution in [0.4, 0.5) is 45.5 Å². The molecule has 0 aliphatic rings. The molecule has 24 nitrogen and oxygen atoms in total. The van der Waals surface area contributed by atoms with Crippen molar-refractivity contribution in [3.05, 3.63) is 95.1 Å². The Kier molecular flexibility index (Phi) is 59.6. The van der Waals surface area contributed by atoms with Gasteiger partial charge in [-0.3, -0.25) is 42.5 Å². The third kappa shape index (κ3) is 53.7. The quantitative estimate of drug-likeness (QED) is 0.0144. The number of rotatable bonds is 60. The first kappa shape index (κ1) is 105. The van der Waals surface area contributed by atoms with E-state index >= 15 is 0 Å². The van der Waals surface area contributed by atoms with E-state index in [9.17, 15) is 40.9 Å². The van der Waals surface area contributed by atoms with Gasteiger partial charge in [-0.1, -0.05) is 210 Å². The van der Waals surface area contributed by atoms with Crippen molar-refractivity contribution >= 4 is 45.5 Å².